The van der Waals surface area contributed by atoms with Crippen molar-refractivity contribution >= 4 is 0 Å². The lowest BCUT2D eigenvalue weighted by molar-refractivity contribution is 0.0209. The van der Waals surface area contributed by atoms with Gasteiger partial charge in [-0.05, 0) is 50.8 Å². The van der Waals surface area contributed by atoms with Crippen molar-refractivity contribution in [3.8, 4) is 5.75 Å². The summed E-state index contributed by atoms with van der Waals surface area (Å²) < 4.78 is 5.74. The van der Waals surface area contributed by atoms with Crippen molar-refractivity contribution in [3.63, 3.8) is 0 Å². The number of nitrogens with zero attached hydrogens (tertiary/aromatic N) is 1. The number of aryl methyl sites for hydroxylation is 1. The third-order valence-corrected chi connectivity index (χ3v) is 4.70. The van der Waals surface area contributed by atoms with Crippen LogP contribution in [-0.4, -0.2) is 41.3 Å². The molecular weight excluding hydrogens is 274 g/mol. The Balaban J connectivity index is 1.78. The summed E-state index contributed by atoms with van der Waals surface area (Å²) in [5, 5.41) is 10.3. The Bertz CT molecular complexity index is 422. The number of rotatable bonds is 7. The molecule has 0 saturated carbocycles. The third kappa shape index (κ3) is 4.99. The first-order chi connectivity index (χ1) is 10.6. The Hall–Kier alpha value is -1.06. The third-order valence-electron chi connectivity index (χ3n) is 4.70. The fraction of sp³-hybridized carbons (Fsp3) is 0.684. The number of ether oxygens (including phenoxy) is 1. The van der Waals surface area contributed by atoms with Crippen LogP contribution >= 0.6 is 0 Å². The van der Waals surface area contributed by atoms with E-state index in [1.807, 2.05) is 12.1 Å². The fourth-order valence-corrected chi connectivity index (χ4v) is 3.36. The number of benzene rings is 1. The SMILES string of the molecule is CCCc1ccc(OC[C@@H](O)CN2[C@@H](C)CCC[C@@H]2C)cc1. The number of hydrogen-bond donors (Lipinski definition) is 1. The van der Waals surface area contributed by atoms with Gasteiger partial charge in [0, 0.05) is 18.6 Å². The highest BCUT2D eigenvalue weighted by Gasteiger charge is 2.26. The van der Waals surface area contributed by atoms with E-state index in [0.717, 1.165) is 18.6 Å². The maximum absolute atomic E-state index is 10.3. The number of aliphatic hydroxyl groups excluding tert-OH is 1. The second-order valence-corrected chi connectivity index (χ2v) is 6.68. The number of likely N-dealkylation sites (tertiary alicyclic amines) is 1. The minimum Gasteiger partial charge on any atom is -0.491 e. The van der Waals surface area contributed by atoms with Gasteiger partial charge in [-0.3, -0.25) is 4.90 Å². The molecule has 1 aliphatic heterocycles. The molecule has 1 heterocycles. The minimum absolute atomic E-state index is 0.364. The van der Waals surface area contributed by atoms with Crippen LogP contribution in [0.1, 0.15) is 52.0 Å². The van der Waals surface area contributed by atoms with Gasteiger partial charge >= 0.3 is 0 Å². The first kappa shape index (κ1) is 17.3. The predicted octanol–water partition coefficient (Wildman–Crippen LogP) is 3.64. The van der Waals surface area contributed by atoms with Gasteiger partial charge in [0.25, 0.3) is 0 Å². The van der Waals surface area contributed by atoms with Crippen LogP contribution in [0.2, 0.25) is 0 Å². The Kier molecular flexibility index (Phi) is 6.71. The number of aliphatic hydroxyl groups is 1. The molecule has 1 aromatic rings. The average Bonchev–Trinajstić information content (AvgIpc) is 2.51. The zero-order valence-corrected chi connectivity index (χ0v) is 14.3. The number of piperidine rings is 1. The molecular formula is C19H31NO2. The molecule has 0 spiro atoms. The topological polar surface area (TPSA) is 32.7 Å². The van der Waals surface area contributed by atoms with Crippen LogP contribution in [0.3, 0.4) is 0 Å². The van der Waals surface area contributed by atoms with E-state index in [9.17, 15) is 5.11 Å². The zero-order valence-electron chi connectivity index (χ0n) is 14.3. The summed E-state index contributed by atoms with van der Waals surface area (Å²) >= 11 is 0. The largest absolute Gasteiger partial charge is 0.491 e. The van der Waals surface area contributed by atoms with Crippen LogP contribution in [0.25, 0.3) is 0 Å². The average molecular weight is 305 g/mol. The molecule has 0 amide bonds. The van der Waals surface area contributed by atoms with Gasteiger partial charge in [0.15, 0.2) is 0 Å². The Morgan fingerprint density at radius 2 is 1.82 bits per heavy atom. The summed E-state index contributed by atoms with van der Waals surface area (Å²) in [6, 6.07) is 9.35. The van der Waals surface area contributed by atoms with E-state index in [2.05, 4.69) is 37.8 Å². The van der Waals surface area contributed by atoms with Gasteiger partial charge in [-0.15, -0.1) is 0 Å². The van der Waals surface area contributed by atoms with E-state index in [-0.39, 0.29) is 0 Å². The van der Waals surface area contributed by atoms with Crippen molar-refractivity contribution in [1.82, 2.24) is 4.90 Å². The fourth-order valence-electron chi connectivity index (χ4n) is 3.36. The van der Waals surface area contributed by atoms with E-state index in [1.165, 1.54) is 24.8 Å². The van der Waals surface area contributed by atoms with Crippen LogP contribution in [0.5, 0.6) is 5.75 Å². The van der Waals surface area contributed by atoms with E-state index >= 15 is 0 Å². The van der Waals surface area contributed by atoms with E-state index in [1.54, 1.807) is 0 Å². The lowest BCUT2D eigenvalue weighted by Gasteiger charge is -2.40. The quantitative estimate of drug-likeness (QED) is 0.835. The van der Waals surface area contributed by atoms with Gasteiger partial charge in [0.1, 0.15) is 18.5 Å². The Labute approximate surface area is 135 Å². The van der Waals surface area contributed by atoms with Gasteiger partial charge in [-0.2, -0.15) is 0 Å². The molecule has 22 heavy (non-hydrogen) atoms. The molecule has 1 aliphatic rings. The minimum atomic E-state index is -0.432. The molecule has 1 aromatic carbocycles. The van der Waals surface area contributed by atoms with Crippen molar-refractivity contribution in [3.05, 3.63) is 29.8 Å². The predicted molar refractivity (Wildman–Crippen MR) is 91.4 cm³/mol. The van der Waals surface area contributed by atoms with Gasteiger partial charge < -0.3 is 9.84 Å². The van der Waals surface area contributed by atoms with Crippen molar-refractivity contribution in [1.29, 1.82) is 0 Å². The van der Waals surface area contributed by atoms with Crippen LogP contribution in [0.4, 0.5) is 0 Å². The summed E-state index contributed by atoms with van der Waals surface area (Å²) in [7, 11) is 0. The van der Waals surface area contributed by atoms with Gasteiger partial charge in [-0.25, -0.2) is 0 Å². The molecule has 124 valence electrons. The van der Waals surface area contributed by atoms with Crippen molar-refractivity contribution < 1.29 is 9.84 Å². The Morgan fingerprint density at radius 3 is 2.41 bits per heavy atom. The standard InChI is InChI=1S/C19H31NO2/c1-4-6-17-9-11-19(12-10-17)22-14-18(21)13-20-15(2)7-5-8-16(20)3/h9-12,15-16,18,21H,4-8,13-14H2,1-3H3/t15-,16-,18-/m0/s1. The molecule has 3 atom stereocenters. The first-order valence-corrected chi connectivity index (χ1v) is 8.75. The zero-order chi connectivity index (χ0) is 15.9. The summed E-state index contributed by atoms with van der Waals surface area (Å²) in [6.45, 7) is 7.77. The highest BCUT2D eigenvalue weighted by Crippen LogP contribution is 2.22. The van der Waals surface area contributed by atoms with Gasteiger partial charge in [0.05, 0.1) is 0 Å². The monoisotopic (exact) mass is 305 g/mol. The summed E-state index contributed by atoms with van der Waals surface area (Å²) in [4.78, 5) is 2.42. The van der Waals surface area contributed by atoms with Gasteiger partial charge in [-0.1, -0.05) is 31.9 Å². The molecule has 1 fully saturated rings. The van der Waals surface area contributed by atoms with Crippen LogP contribution < -0.4 is 4.74 Å². The molecule has 1 saturated heterocycles. The molecule has 0 aliphatic carbocycles. The second-order valence-electron chi connectivity index (χ2n) is 6.68. The summed E-state index contributed by atoms with van der Waals surface area (Å²) in [5.74, 6) is 0.846. The molecule has 3 heteroatoms. The molecule has 1 N–H and O–H groups in total. The van der Waals surface area contributed by atoms with Crippen LogP contribution in [0, 0.1) is 0 Å². The molecule has 0 unspecified atom stereocenters. The lowest BCUT2D eigenvalue weighted by atomic mass is 9.97. The van der Waals surface area contributed by atoms with Crippen molar-refractivity contribution in [2.45, 2.75) is 71.1 Å². The molecule has 0 aromatic heterocycles. The lowest BCUT2D eigenvalue weighted by Crippen LogP contribution is -2.48. The summed E-state index contributed by atoms with van der Waals surface area (Å²) in [6.07, 6.45) is 5.60. The molecule has 0 bridgehead atoms. The second kappa shape index (κ2) is 8.54. The van der Waals surface area contributed by atoms with E-state index in [0.29, 0.717) is 25.2 Å². The highest BCUT2D eigenvalue weighted by atomic mass is 16.5. The van der Waals surface area contributed by atoms with Crippen LogP contribution in [-0.2, 0) is 6.42 Å². The first-order valence-electron chi connectivity index (χ1n) is 8.75. The maximum atomic E-state index is 10.3. The number of β-amino-alcohol motifs (C(OH)–C–C–N with tert-alkyl or cyclic N) is 1. The van der Waals surface area contributed by atoms with Crippen molar-refractivity contribution in [2.24, 2.45) is 0 Å². The molecule has 0 radical (unpaired) electrons. The smallest absolute Gasteiger partial charge is 0.119 e. The number of hydrogen-bond acceptors (Lipinski definition) is 3. The van der Waals surface area contributed by atoms with Crippen molar-refractivity contribution in [2.75, 3.05) is 13.2 Å². The van der Waals surface area contributed by atoms with E-state index < -0.39 is 6.10 Å². The van der Waals surface area contributed by atoms with Crippen LogP contribution in [0.15, 0.2) is 24.3 Å². The van der Waals surface area contributed by atoms with Gasteiger partial charge in [0.2, 0.25) is 0 Å². The highest BCUT2D eigenvalue weighted by molar-refractivity contribution is 5.27. The maximum Gasteiger partial charge on any atom is 0.119 e. The van der Waals surface area contributed by atoms with E-state index in [4.69, 9.17) is 4.74 Å². The molecule has 3 nitrogen and oxygen atoms in total. The normalized spacial score (nSPS) is 24.2. The Morgan fingerprint density at radius 1 is 1.18 bits per heavy atom. The summed E-state index contributed by atoms with van der Waals surface area (Å²) in [5.41, 5.74) is 1.34. The molecule has 2 rings (SSSR count).